The Morgan fingerprint density at radius 2 is 1.82 bits per heavy atom. The van der Waals surface area contributed by atoms with E-state index in [2.05, 4.69) is 21.4 Å². The molecule has 1 N–H and O–H groups in total. The minimum Gasteiger partial charge on any atom is -0.490 e. The van der Waals surface area contributed by atoms with E-state index in [1.54, 1.807) is 17.5 Å². The number of rotatable bonds is 6. The maximum absolute atomic E-state index is 9.61. The van der Waals surface area contributed by atoms with Gasteiger partial charge in [0.2, 0.25) is 0 Å². The van der Waals surface area contributed by atoms with E-state index >= 15 is 0 Å². The predicted octanol–water partition coefficient (Wildman–Crippen LogP) is 5.26. The number of pyridine rings is 1. The number of nitriles is 1. The number of hydrogen-bond acceptors (Lipinski definition) is 7. The number of benzene rings is 2. The number of fused-ring (bicyclic) bond motifs is 2. The summed E-state index contributed by atoms with van der Waals surface area (Å²) >= 11 is 1.58. The van der Waals surface area contributed by atoms with Gasteiger partial charge < -0.3 is 14.8 Å². The first kappa shape index (κ1) is 18.0. The van der Waals surface area contributed by atoms with Gasteiger partial charge in [0.25, 0.3) is 0 Å². The monoisotopic (exact) mass is 390 g/mol. The summed E-state index contributed by atoms with van der Waals surface area (Å²) in [6, 6.07) is 11.9. The molecular weight excluding hydrogens is 372 g/mol. The van der Waals surface area contributed by atoms with E-state index in [1.807, 2.05) is 49.7 Å². The average Bonchev–Trinajstić information content (AvgIpc) is 3.17. The molecule has 0 bridgehead atoms. The van der Waals surface area contributed by atoms with Gasteiger partial charge in [0.15, 0.2) is 11.5 Å². The summed E-state index contributed by atoms with van der Waals surface area (Å²) in [7, 11) is 0. The highest BCUT2D eigenvalue weighted by molar-refractivity contribution is 7.16. The lowest BCUT2D eigenvalue weighted by molar-refractivity contribution is 0.288. The van der Waals surface area contributed by atoms with Crippen LogP contribution in [0.25, 0.3) is 21.1 Å². The quantitative estimate of drug-likeness (QED) is 0.484. The van der Waals surface area contributed by atoms with E-state index < -0.39 is 0 Å². The SMILES string of the molecule is CCOc1cc2ncc(C#N)c(Nc3ccc4ncsc4c3)c2cc1OCC. The van der Waals surface area contributed by atoms with Crippen molar-refractivity contribution >= 4 is 43.8 Å². The van der Waals surface area contributed by atoms with Crippen LogP contribution in [0.2, 0.25) is 0 Å². The van der Waals surface area contributed by atoms with Gasteiger partial charge in [-0.2, -0.15) is 5.26 Å². The Kier molecular flexibility index (Phi) is 4.96. The minimum absolute atomic E-state index is 0.462. The van der Waals surface area contributed by atoms with Gasteiger partial charge in [-0.05, 0) is 38.1 Å². The van der Waals surface area contributed by atoms with Crippen molar-refractivity contribution in [2.24, 2.45) is 0 Å². The molecule has 2 aromatic carbocycles. The first-order chi connectivity index (χ1) is 13.7. The minimum atomic E-state index is 0.462. The van der Waals surface area contributed by atoms with Crippen molar-refractivity contribution in [2.75, 3.05) is 18.5 Å². The van der Waals surface area contributed by atoms with E-state index in [-0.39, 0.29) is 0 Å². The third kappa shape index (κ3) is 3.30. The zero-order valence-corrected chi connectivity index (χ0v) is 16.3. The Bertz CT molecular complexity index is 1200. The van der Waals surface area contributed by atoms with Crippen molar-refractivity contribution < 1.29 is 9.47 Å². The van der Waals surface area contributed by atoms with Crippen LogP contribution in [0.1, 0.15) is 19.4 Å². The molecule has 0 amide bonds. The first-order valence-electron chi connectivity index (χ1n) is 8.96. The van der Waals surface area contributed by atoms with Gasteiger partial charge >= 0.3 is 0 Å². The van der Waals surface area contributed by atoms with Crippen molar-refractivity contribution in [1.82, 2.24) is 9.97 Å². The molecule has 0 aliphatic rings. The second-order valence-corrected chi connectivity index (χ2v) is 6.89. The highest BCUT2D eigenvalue weighted by Gasteiger charge is 2.15. The van der Waals surface area contributed by atoms with Crippen LogP contribution in [0.15, 0.2) is 42.0 Å². The Morgan fingerprint density at radius 1 is 1.04 bits per heavy atom. The second-order valence-electron chi connectivity index (χ2n) is 6.00. The first-order valence-corrected chi connectivity index (χ1v) is 9.84. The summed E-state index contributed by atoms with van der Waals surface area (Å²) in [5, 5.41) is 13.8. The fourth-order valence-corrected chi connectivity index (χ4v) is 3.75. The number of thiazole rings is 1. The van der Waals surface area contributed by atoms with Gasteiger partial charge in [0.1, 0.15) is 6.07 Å². The van der Waals surface area contributed by atoms with Crippen LogP contribution in [0.4, 0.5) is 11.4 Å². The second kappa shape index (κ2) is 7.71. The van der Waals surface area contributed by atoms with E-state index in [0.29, 0.717) is 36.0 Å². The van der Waals surface area contributed by atoms with Gasteiger partial charge in [-0.3, -0.25) is 4.98 Å². The molecule has 4 aromatic rings. The van der Waals surface area contributed by atoms with Crippen LogP contribution in [-0.2, 0) is 0 Å². The fraction of sp³-hybridized carbons (Fsp3) is 0.190. The zero-order valence-electron chi connectivity index (χ0n) is 15.5. The molecule has 0 aliphatic heterocycles. The molecule has 2 heterocycles. The average molecular weight is 390 g/mol. The van der Waals surface area contributed by atoms with Gasteiger partial charge in [0, 0.05) is 23.3 Å². The molecule has 28 heavy (non-hydrogen) atoms. The van der Waals surface area contributed by atoms with Crippen molar-refractivity contribution in [2.45, 2.75) is 13.8 Å². The highest BCUT2D eigenvalue weighted by Crippen LogP contribution is 2.37. The number of anilines is 2. The molecule has 6 nitrogen and oxygen atoms in total. The number of aromatic nitrogens is 2. The number of hydrogen-bond donors (Lipinski definition) is 1. The van der Waals surface area contributed by atoms with Crippen LogP contribution in [-0.4, -0.2) is 23.2 Å². The zero-order chi connectivity index (χ0) is 19.5. The Labute approximate surface area is 166 Å². The molecule has 0 saturated heterocycles. The van der Waals surface area contributed by atoms with Gasteiger partial charge in [0.05, 0.1) is 45.7 Å². The van der Waals surface area contributed by atoms with Crippen LogP contribution >= 0.6 is 11.3 Å². The molecule has 0 atom stereocenters. The molecule has 0 unspecified atom stereocenters. The van der Waals surface area contributed by atoms with Crippen LogP contribution in [0.5, 0.6) is 11.5 Å². The molecule has 0 spiro atoms. The highest BCUT2D eigenvalue weighted by atomic mass is 32.1. The maximum Gasteiger partial charge on any atom is 0.163 e. The Morgan fingerprint density at radius 3 is 2.57 bits per heavy atom. The van der Waals surface area contributed by atoms with Crippen LogP contribution in [0.3, 0.4) is 0 Å². The van der Waals surface area contributed by atoms with Gasteiger partial charge in [-0.25, -0.2) is 4.98 Å². The predicted molar refractivity (Wildman–Crippen MR) is 112 cm³/mol. The molecular formula is C21H18N4O2S. The molecule has 2 aromatic heterocycles. The van der Waals surface area contributed by atoms with Gasteiger partial charge in [-0.1, -0.05) is 0 Å². The van der Waals surface area contributed by atoms with Crippen molar-refractivity contribution in [3.8, 4) is 17.6 Å². The summed E-state index contributed by atoms with van der Waals surface area (Å²) in [5.41, 5.74) is 5.54. The number of ether oxygens (including phenoxy) is 2. The standard InChI is InChI=1S/C21H18N4O2S/c1-3-26-18-8-15-17(9-19(18)27-4-2)23-11-13(10-22)21(15)25-14-5-6-16-20(7-14)28-12-24-16/h5-9,11-12H,3-4H2,1-2H3,(H,23,25). The molecule has 7 heteroatoms. The molecule has 140 valence electrons. The number of nitrogens with one attached hydrogen (secondary N) is 1. The topological polar surface area (TPSA) is 80.1 Å². The Balaban J connectivity index is 1.86. The van der Waals surface area contributed by atoms with E-state index in [1.165, 1.54) is 0 Å². The smallest absolute Gasteiger partial charge is 0.163 e. The third-order valence-corrected chi connectivity index (χ3v) is 5.05. The van der Waals surface area contributed by atoms with E-state index in [0.717, 1.165) is 26.8 Å². The fourth-order valence-electron chi connectivity index (χ4n) is 3.03. The summed E-state index contributed by atoms with van der Waals surface area (Å²) < 4.78 is 12.5. The Hall–Kier alpha value is -3.37. The van der Waals surface area contributed by atoms with E-state index in [4.69, 9.17) is 9.47 Å². The summed E-state index contributed by atoms with van der Waals surface area (Å²) in [4.78, 5) is 8.74. The van der Waals surface area contributed by atoms with Crippen LogP contribution < -0.4 is 14.8 Å². The van der Waals surface area contributed by atoms with Gasteiger partial charge in [-0.15, -0.1) is 11.3 Å². The summed E-state index contributed by atoms with van der Waals surface area (Å²) in [6.07, 6.45) is 1.58. The largest absolute Gasteiger partial charge is 0.490 e. The summed E-state index contributed by atoms with van der Waals surface area (Å²) in [5.74, 6) is 1.28. The molecule has 0 fully saturated rings. The molecule has 0 aliphatic carbocycles. The molecule has 0 radical (unpaired) electrons. The lowest BCUT2D eigenvalue weighted by atomic mass is 10.1. The van der Waals surface area contributed by atoms with Crippen molar-refractivity contribution in [3.05, 3.63) is 47.6 Å². The normalized spacial score (nSPS) is 10.8. The maximum atomic E-state index is 9.61. The third-order valence-electron chi connectivity index (χ3n) is 4.25. The lowest BCUT2D eigenvalue weighted by Crippen LogP contribution is -2.01. The van der Waals surface area contributed by atoms with Crippen molar-refractivity contribution in [1.29, 1.82) is 5.26 Å². The lowest BCUT2D eigenvalue weighted by Gasteiger charge is -2.15. The summed E-state index contributed by atoms with van der Waals surface area (Å²) in [6.45, 7) is 4.89. The molecule has 0 saturated carbocycles. The number of nitrogens with zero attached hydrogens (tertiary/aromatic N) is 3. The van der Waals surface area contributed by atoms with Crippen LogP contribution in [0, 0.1) is 11.3 Å². The van der Waals surface area contributed by atoms with E-state index in [9.17, 15) is 5.26 Å². The molecule has 4 rings (SSSR count). The van der Waals surface area contributed by atoms with Crippen molar-refractivity contribution in [3.63, 3.8) is 0 Å².